The molecule has 0 N–H and O–H groups in total. The largest absolute Gasteiger partial charge is 0.0680 e. The quantitative estimate of drug-likeness (QED) is 0.550. The predicted octanol–water partition coefficient (Wildman–Crippen LogP) is 1.75. The van der Waals surface area contributed by atoms with Crippen molar-refractivity contribution in [2.75, 3.05) is 0 Å². The van der Waals surface area contributed by atoms with Crippen LogP contribution in [0.4, 0.5) is 0 Å². The van der Waals surface area contributed by atoms with Gasteiger partial charge >= 0.3 is 0 Å². The Kier molecular flexibility index (Phi) is 4.49. The zero-order valence-electron chi connectivity index (χ0n) is 7.33. The maximum absolute atomic E-state index is 2.39. The highest BCUT2D eigenvalue weighted by Crippen LogP contribution is 2.17. The molecule has 0 aromatic carbocycles. The monoisotopic (exact) mass is 160 g/mol. The lowest BCUT2D eigenvalue weighted by Crippen LogP contribution is -2.32. The van der Waals surface area contributed by atoms with Gasteiger partial charge in [0.2, 0.25) is 0 Å². The van der Waals surface area contributed by atoms with Crippen LogP contribution < -0.4 is 0 Å². The smallest absolute Gasteiger partial charge is 0.0357 e. The summed E-state index contributed by atoms with van der Waals surface area (Å²) in [5.41, 5.74) is 0. The Morgan fingerprint density at radius 1 is 1.11 bits per heavy atom. The van der Waals surface area contributed by atoms with Gasteiger partial charge in [0.25, 0.3) is 0 Å². The Balaban J connectivity index is 3.62. The number of hydrogen-bond donors (Lipinski definition) is 0. The average Bonchev–Trinajstić information content (AvgIpc) is 1.89. The summed E-state index contributed by atoms with van der Waals surface area (Å²) in [5, 5.41) is 0. The Hall–Kier alpha value is 0.434. The summed E-state index contributed by atoms with van der Waals surface area (Å²) < 4.78 is 0. The van der Waals surface area contributed by atoms with Gasteiger partial charge in [0.15, 0.2) is 0 Å². The highest BCUT2D eigenvalue weighted by molar-refractivity contribution is 7.17. The van der Waals surface area contributed by atoms with Crippen molar-refractivity contribution in [2.24, 2.45) is 0 Å². The van der Waals surface area contributed by atoms with E-state index in [1.807, 2.05) is 0 Å². The second kappa shape index (κ2) is 4.28. The summed E-state index contributed by atoms with van der Waals surface area (Å²) in [6.45, 7) is 7.10. The van der Waals surface area contributed by atoms with Gasteiger partial charge in [0.05, 0.1) is 0 Å². The molecule has 0 saturated carbocycles. The molecule has 0 fully saturated rings. The summed E-state index contributed by atoms with van der Waals surface area (Å²) in [4.78, 5) is 0. The zero-order chi connectivity index (χ0) is 7.33. The van der Waals surface area contributed by atoms with Crippen LogP contribution in [0.5, 0.6) is 0 Å². The van der Waals surface area contributed by atoms with E-state index in [9.17, 15) is 0 Å². The van der Waals surface area contributed by atoms with Crippen molar-refractivity contribution in [1.82, 2.24) is 0 Å². The van der Waals surface area contributed by atoms with E-state index in [1.54, 1.807) is 6.04 Å². The van der Waals surface area contributed by atoms with Crippen LogP contribution in [0.3, 0.4) is 0 Å². The van der Waals surface area contributed by atoms with Gasteiger partial charge in [0, 0.05) is 7.59 Å². The molecule has 0 spiro atoms. The van der Waals surface area contributed by atoms with Gasteiger partial charge in [-0.05, 0) is 9.76 Å². The average molecular weight is 160 g/mol. The Morgan fingerprint density at radius 2 is 1.56 bits per heavy atom. The first-order chi connectivity index (χ1) is 4.18. The van der Waals surface area contributed by atoms with Crippen LogP contribution in [0.1, 0.15) is 27.2 Å². The standard InChI is InChI=1S/C7H20Si2/c1-4-7-9(8,5-2)6-3/h4-7H2,1-3,8H3. The lowest BCUT2D eigenvalue weighted by molar-refractivity contribution is 1.03. The summed E-state index contributed by atoms with van der Waals surface area (Å²) in [6, 6.07) is 4.65. The van der Waals surface area contributed by atoms with E-state index in [4.69, 9.17) is 0 Å². The Labute approximate surface area is 63.3 Å². The van der Waals surface area contributed by atoms with E-state index >= 15 is 0 Å². The molecular formula is C7H20Si2. The summed E-state index contributed by atoms with van der Waals surface area (Å²) >= 11 is 0. The van der Waals surface area contributed by atoms with Crippen molar-refractivity contribution < 1.29 is 0 Å². The predicted molar refractivity (Wildman–Crippen MR) is 51.8 cm³/mol. The van der Waals surface area contributed by atoms with E-state index in [1.165, 1.54) is 28.3 Å². The summed E-state index contributed by atoms with van der Waals surface area (Å²) in [6.07, 6.45) is 1.43. The molecule has 0 atom stereocenters. The lowest BCUT2D eigenvalue weighted by atomic mass is 10.6. The molecule has 9 heavy (non-hydrogen) atoms. The van der Waals surface area contributed by atoms with E-state index < -0.39 is 7.59 Å². The van der Waals surface area contributed by atoms with Crippen molar-refractivity contribution >= 4 is 17.4 Å². The second-order valence-corrected chi connectivity index (χ2v) is 15.2. The van der Waals surface area contributed by atoms with Gasteiger partial charge in [-0.15, -0.1) is 0 Å². The third kappa shape index (κ3) is 3.21. The Morgan fingerprint density at radius 3 is 1.67 bits per heavy atom. The molecular weight excluding hydrogens is 140 g/mol. The maximum atomic E-state index is 2.39. The van der Waals surface area contributed by atoms with E-state index in [0.29, 0.717) is 0 Å². The fraction of sp³-hybridized carbons (Fsp3) is 1.00. The van der Waals surface area contributed by atoms with E-state index in [2.05, 4.69) is 20.8 Å². The van der Waals surface area contributed by atoms with Gasteiger partial charge in [0.1, 0.15) is 0 Å². The SMILES string of the molecule is CCC[Si]([SiH3])(CC)CC. The molecule has 0 aliphatic heterocycles. The first-order valence-corrected chi connectivity index (χ1v) is 10.3. The normalized spacial score (nSPS) is 12.3. The van der Waals surface area contributed by atoms with Crippen LogP contribution in [0, 0.1) is 0 Å². The van der Waals surface area contributed by atoms with E-state index in [0.717, 1.165) is 0 Å². The van der Waals surface area contributed by atoms with Gasteiger partial charge in [-0.25, -0.2) is 0 Å². The van der Waals surface area contributed by atoms with Crippen molar-refractivity contribution in [3.8, 4) is 0 Å². The first-order valence-electron chi connectivity index (χ1n) is 4.18. The molecule has 0 aliphatic carbocycles. The van der Waals surface area contributed by atoms with Crippen molar-refractivity contribution in [3.63, 3.8) is 0 Å². The highest BCUT2D eigenvalue weighted by atomic mass is 29.2. The molecule has 0 radical (unpaired) electrons. The molecule has 0 aliphatic rings. The fourth-order valence-electron chi connectivity index (χ4n) is 1.21. The van der Waals surface area contributed by atoms with Crippen LogP contribution >= 0.6 is 0 Å². The first kappa shape index (κ1) is 9.43. The minimum atomic E-state index is -0.558. The minimum Gasteiger partial charge on any atom is -0.0680 e. The molecule has 0 aromatic rings. The highest BCUT2D eigenvalue weighted by Gasteiger charge is 2.19. The molecule has 0 rings (SSSR count). The third-order valence-corrected chi connectivity index (χ3v) is 13.4. The van der Waals surface area contributed by atoms with Gasteiger partial charge in [-0.3, -0.25) is 0 Å². The van der Waals surface area contributed by atoms with Crippen LogP contribution in [0.25, 0.3) is 0 Å². The third-order valence-electron chi connectivity index (χ3n) is 2.56. The summed E-state index contributed by atoms with van der Waals surface area (Å²) in [7, 11) is 0.960. The van der Waals surface area contributed by atoms with Crippen molar-refractivity contribution in [2.45, 2.75) is 45.3 Å². The molecule has 0 bridgehead atoms. The van der Waals surface area contributed by atoms with Crippen LogP contribution in [-0.4, -0.2) is 17.4 Å². The number of rotatable bonds is 4. The van der Waals surface area contributed by atoms with Gasteiger partial charge < -0.3 is 0 Å². The minimum absolute atomic E-state index is 0.558. The van der Waals surface area contributed by atoms with Crippen LogP contribution in [0.2, 0.25) is 18.1 Å². The molecule has 0 amide bonds. The zero-order valence-corrected chi connectivity index (χ0v) is 10.3. The fourth-order valence-corrected chi connectivity index (χ4v) is 5.12. The van der Waals surface area contributed by atoms with Crippen molar-refractivity contribution in [1.29, 1.82) is 0 Å². The van der Waals surface area contributed by atoms with Gasteiger partial charge in [-0.1, -0.05) is 45.3 Å². The lowest BCUT2D eigenvalue weighted by Gasteiger charge is -2.22. The maximum Gasteiger partial charge on any atom is 0.0357 e. The van der Waals surface area contributed by atoms with E-state index in [-0.39, 0.29) is 0 Å². The molecule has 0 saturated heterocycles. The molecule has 0 heterocycles. The summed E-state index contributed by atoms with van der Waals surface area (Å²) in [5.74, 6) is 0. The van der Waals surface area contributed by atoms with Crippen LogP contribution in [-0.2, 0) is 0 Å². The van der Waals surface area contributed by atoms with Crippen LogP contribution in [0.15, 0.2) is 0 Å². The Bertz CT molecular complexity index is 67.3. The van der Waals surface area contributed by atoms with Gasteiger partial charge in [-0.2, -0.15) is 0 Å². The topological polar surface area (TPSA) is 0 Å². The number of hydrogen-bond acceptors (Lipinski definition) is 0. The molecule has 2 heteroatoms. The molecule has 0 unspecified atom stereocenters. The molecule has 56 valence electrons. The molecule has 0 aromatic heterocycles. The van der Waals surface area contributed by atoms with Crippen molar-refractivity contribution in [3.05, 3.63) is 0 Å². The molecule has 0 nitrogen and oxygen atoms in total. The second-order valence-electron chi connectivity index (χ2n) is 3.27.